The van der Waals surface area contributed by atoms with Gasteiger partial charge in [-0.05, 0) is 19.8 Å². The lowest BCUT2D eigenvalue weighted by Gasteiger charge is -2.13. The molecule has 21 heavy (non-hydrogen) atoms. The van der Waals surface area contributed by atoms with Crippen LogP contribution in [0, 0.1) is 0 Å². The van der Waals surface area contributed by atoms with E-state index < -0.39 is 11.9 Å². The van der Waals surface area contributed by atoms with Gasteiger partial charge in [-0.1, -0.05) is 65.2 Å². The number of unbranched alkanes of at least 4 members (excludes halogenated alkanes) is 7. The molecular formula is C17H33NO3. The van der Waals surface area contributed by atoms with Crippen molar-refractivity contribution in [3.8, 4) is 0 Å². The third kappa shape index (κ3) is 12.4. The normalized spacial score (nSPS) is 12.0. The van der Waals surface area contributed by atoms with E-state index in [0.29, 0.717) is 6.61 Å². The number of amides is 1. The van der Waals surface area contributed by atoms with E-state index in [1.165, 1.54) is 32.1 Å². The molecule has 0 fully saturated rings. The molecule has 0 bridgehead atoms. The third-order valence-corrected chi connectivity index (χ3v) is 3.53. The fourth-order valence-corrected chi connectivity index (χ4v) is 2.17. The molecule has 1 amide bonds. The standard InChI is InChI=1S/C17H33NO3/c1-4-6-8-10-12-14-21-17(20)16(19)18-15(3)13-11-9-7-5-2/h15H,4-14H2,1-3H3,(H,18,19). The number of carbonyl (C=O) groups excluding carboxylic acids is 2. The first-order valence-electron chi connectivity index (χ1n) is 8.59. The zero-order chi connectivity index (χ0) is 15.9. The molecule has 0 saturated heterocycles. The van der Waals surface area contributed by atoms with Gasteiger partial charge in [0.05, 0.1) is 6.61 Å². The molecule has 0 radical (unpaired) electrons. The van der Waals surface area contributed by atoms with E-state index >= 15 is 0 Å². The van der Waals surface area contributed by atoms with E-state index in [4.69, 9.17) is 4.74 Å². The fourth-order valence-electron chi connectivity index (χ4n) is 2.17. The lowest BCUT2D eigenvalue weighted by atomic mass is 10.1. The van der Waals surface area contributed by atoms with Crippen molar-refractivity contribution >= 4 is 11.9 Å². The van der Waals surface area contributed by atoms with Crippen LogP contribution >= 0.6 is 0 Å². The topological polar surface area (TPSA) is 55.4 Å². The van der Waals surface area contributed by atoms with Crippen LogP contribution in [0.4, 0.5) is 0 Å². The van der Waals surface area contributed by atoms with Crippen molar-refractivity contribution in [3.63, 3.8) is 0 Å². The molecule has 0 rings (SSSR count). The molecule has 0 aliphatic carbocycles. The Balaban J connectivity index is 3.62. The van der Waals surface area contributed by atoms with Gasteiger partial charge in [-0.3, -0.25) is 4.79 Å². The molecular weight excluding hydrogens is 266 g/mol. The molecule has 4 heteroatoms. The first kappa shape index (κ1) is 19.9. The number of esters is 1. The average Bonchev–Trinajstić information content (AvgIpc) is 2.47. The Hall–Kier alpha value is -1.06. The second-order valence-corrected chi connectivity index (χ2v) is 5.77. The number of carbonyl (C=O) groups is 2. The van der Waals surface area contributed by atoms with Crippen molar-refractivity contribution in [2.75, 3.05) is 6.61 Å². The molecule has 0 heterocycles. The Morgan fingerprint density at radius 1 is 0.905 bits per heavy atom. The lowest BCUT2D eigenvalue weighted by Crippen LogP contribution is -2.38. The highest BCUT2D eigenvalue weighted by Crippen LogP contribution is 2.05. The van der Waals surface area contributed by atoms with E-state index in [2.05, 4.69) is 19.2 Å². The molecule has 1 atom stereocenters. The number of rotatable bonds is 12. The summed E-state index contributed by atoms with van der Waals surface area (Å²) in [5, 5.41) is 2.70. The molecule has 0 aliphatic heterocycles. The maximum Gasteiger partial charge on any atom is 0.396 e. The molecule has 124 valence electrons. The highest BCUT2D eigenvalue weighted by atomic mass is 16.5. The summed E-state index contributed by atoms with van der Waals surface area (Å²) in [5.74, 6) is -1.35. The highest BCUT2D eigenvalue weighted by Gasteiger charge is 2.17. The average molecular weight is 299 g/mol. The second-order valence-electron chi connectivity index (χ2n) is 5.77. The highest BCUT2D eigenvalue weighted by molar-refractivity contribution is 6.32. The Kier molecular flexibility index (Phi) is 13.2. The maximum absolute atomic E-state index is 11.6. The van der Waals surface area contributed by atoms with Gasteiger partial charge in [0.15, 0.2) is 0 Å². The summed E-state index contributed by atoms with van der Waals surface area (Å²) < 4.78 is 4.98. The van der Waals surface area contributed by atoms with Gasteiger partial charge in [0.1, 0.15) is 0 Å². The monoisotopic (exact) mass is 299 g/mol. The molecule has 0 spiro atoms. The predicted molar refractivity (Wildman–Crippen MR) is 86.1 cm³/mol. The van der Waals surface area contributed by atoms with E-state index in [1.807, 2.05) is 6.92 Å². The number of hydrogen-bond donors (Lipinski definition) is 1. The molecule has 1 unspecified atom stereocenters. The quantitative estimate of drug-likeness (QED) is 0.337. The summed E-state index contributed by atoms with van der Waals surface area (Å²) in [6.45, 7) is 6.61. The van der Waals surface area contributed by atoms with Crippen molar-refractivity contribution in [3.05, 3.63) is 0 Å². The predicted octanol–water partition coefficient (Wildman–Crippen LogP) is 3.98. The van der Waals surface area contributed by atoms with Gasteiger partial charge < -0.3 is 10.1 Å². The van der Waals surface area contributed by atoms with Gasteiger partial charge in [0, 0.05) is 6.04 Å². The summed E-state index contributed by atoms with van der Waals surface area (Å²) >= 11 is 0. The summed E-state index contributed by atoms with van der Waals surface area (Å²) in [5.41, 5.74) is 0. The van der Waals surface area contributed by atoms with E-state index in [-0.39, 0.29) is 6.04 Å². The number of ether oxygens (including phenoxy) is 1. The van der Waals surface area contributed by atoms with Crippen LogP contribution in [0.5, 0.6) is 0 Å². The van der Waals surface area contributed by atoms with Crippen molar-refractivity contribution in [2.24, 2.45) is 0 Å². The molecule has 4 nitrogen and oxygen atoms in total. The van der Waals surface area contributed by atoms with Crippen LogP contribution in [0.2, 0.25) is 0 Å². The largest absolute Gasteiger partial charge is 0.459 e. The summed E-state index contributed by atoms with van der Waals surface area (Å²) in [7, 11) is 0. The molecule has 1 N–H and O–H groups in total. The molecule has 0 saturated carbocycles. The first-order chi connectivity index (χ1) is 10.1. The van der Waals surface area contributed by atoms with Crippen molar-refractivity contribution in [1.82, 2.24) is 5.32 Å². The molecule has 0 aliphatic rings. The summed E-state index contributed by atoms with van der Waals surface area (Å²) in [6, 6.07) is 0.0338. The van der Waals surface area contributed by atoms with Gasteiger partial charge >= 0.3 is 11.9 Å². The van der Waals surface area contributed by atoms with E-state index in [9.17, 15) is 9.59 Å². The van der Waals surface area contributed by atoms with Crippen molar-refractivity contribution in [2.45, 2.75) is 91.0 Å². The minimum absolute atomic E-state index is 0.0338. The van der Waals surface area contributed by atoms with Crippen LogP contribution in [0.15, 0.2) is 0 Å². The smallest absolute Gasteiger partial charge is 0.396 e. The summed E-state index contributed by atoms with van der Waals surface area (Å²) in [4.78, 5) is 23.1. The lowest BCUT2D eigenvalue weighted by molar-refractivity contribution is -0.155. The van der Waals surface area contributed by atoms with E-state index in [1.54, 1.807) is 0 Å². The van der Waals surface area contributed by atoms with Gasteiger partial charge in [-0.25, -0.2) is 4.79 Å². The molecule has 0 aromatic heterocycles. The SMILES string of the molecule is CCCCCCCOC(=O)C(=O)NC(C)CCCCCC. The Morgan fingerprint density at radius 3 is 2.10 bits per heavy atom. The third-order valence-electron chi connectivity index (χ3n) is 3.53. The van der Waals surface area contributed by atoms with Gasteiger partial charge in [-0.15, -0.1) is 0 Å². The van der Waals surface area contributed by atoms with E-state index in [0.717, 1.165) is 32.1 Å². The van der Waals surface area contributed by atoms with Crippen LogP contribution < -0.4 is 5.32 Å². The van der Waals surface area contributed by atoms with Gasteiger partial charge in [0.2, 0.25) is 0 Å². The fraction of sp³-hybridized carbons (Fsp3) is 0.882. The van der Waals surface area contributed by atoms with Crippen molar-refractivity contribution < 1.29 is 14.3 Å². The minimum Gasteiger partial charge on any atom is -0.459 e. The van der Waals surface area contributed by atoms with Crippen LogP contribution in [0.1, 0.15) is 85.0 Å². The van der Waals surface area contributed by atoms with Crippen LogP contribution in [-0.4, -0.2) is 24.5 Å². The van der Waals surface area contributed by atoms with Gasteiger partial charge in [0.25, 0.3) is 0 Å². The molecule has 0 aromatic rings. The Labute approximate surface area is 130 Å². The Morgan fingerprint density at radius 2 is 1.48 bits per heavy atom. The zero-order valence-corrected chi connectivity index (χ0v) is 14.1. The van der Waals surface area contributed by atoms with Crippen LogP contribution in [-0.2, 0) is 14.3 Å². The second kappa shape index (κ2) is 13.9. The Bertz CT molecular complexity index is 279. The first-order valence-corrected chi connectivity index (χ1v) is 8.59. The molecule has 0 aromatic carbocycles. The zero-order valence-electron chi connectivity index (χ0n) is 14.1. The maximum atomic E-state index is 11.6. The number of hydrogen-bond acceptors (Lipinski definition) is 3. The number of nitrogens with one attached hydrogen (secondary N) is 1. The summed E-state index contributed by atoms with van der Waals surface area (Å²) in [6.07, 6.45) is 11.1. The van der Waals surface area contributed by atoms with Crippen LogP contribution in [0.3, 0.4) is 0 Å². The van der Waals surface area contributed by atoms with Gasteiger partial charge in [-0.2, -0.15) is 0 Å². The minimum atomic E-state index is -0.745. The van der Waals surface area contributed by atoms with Crippen LogP contribution in [0.25, 0.3) is 0 Å². The van der Waals surface area contributed by atoms with Crippen molar-refractivity contribution in [1.29, 1.82) is 0 Å².